The van der Waals surface area contributed by atoms with Gasteiger partial charge in [-0.1, -0.05) is 19.8 Å². The number of pyridine rings is 1. The third kappa shape index (κ3) is 3.32. The summed E-state index contributed by atoms with van der Waals surface area (Å²) in [6.07, 6.45) is 5.13. The molecule has 72 valence electrons. The van der Waals surface area contributed by atoms with E-state index in [1.807, 2.05) is 0 Å². The van der Waals surface area contributed by atoms with Crippen LogP contribution in [0.3, 0.4) is 0 Å². The maximum atomic E-state index is 5.65. The zero-order valence-corrected chi connectivity index (χ0v) is 7.99. The van der Waals surface area contributed by atoms with Crippen LogP contribution in [0.5, 0.6) is 5.88 Å². The van der Waals surface area contributed by atoms with E-state index in [-0.39, 0.29) is 0 Å². The summed E-state index contributed by atoms with van der Waals surface area (Å²) >= 11 is 0. The SMILES string of the molecule is CCCCCOc1ncccc1N. The summed E-state index contributed by atoms with van der Waals surface area (Å²) < 4.78 is 5.40. The van der Waals surface area contributed by atoms with Crippen LogP contribution in [0.1, 0.15) is 26.2 Å². The molecule has 0 fully saturated rings. The summed E-state index contributed by atoms with van der Waals surface area (Å²) in [4.78, 5) is 4.03. The Labute approximate surface area is 78.9 Å². The maximum Gasteiger partial charge on any atom is 0.237 e. The molecule has 1 heterocycles. The van der Waals surface area contributed by atoms with Crippen molar-refractivity contribution >= 4 is 5.69 Å². The predicted octanol–water partition coefficient (Wildman–Crippen LogP) is 2.23. The third-order valence-electron chi connectivity index (χ3n) is 1.79. The summed E-state index contributed by atoms with van der Waals surface area (Å²) in [7, 11) is 0. The lowest BCUT2D eigenvalue weighted by atomic mass is 10.3. The Bertz CT molecular complexity index is 250. The van der Waals surface area contributed by atoms with Gasteiger partial charge in [-0.25, -0.2) is 4.98 Å². The number of unbranched alkanes of at least 4 members (excludes halogenated alkanes) is 2. The van der Waals surface area contributed by atoms with Crippen LogP contribution in [-0.2, 0) is 0 Å². The Balaban J connectivity index is 2.32. The van der Waals surface area contributed by atoms with Crippen molar-refractivity contribution in [2.45, 2.75) is 26.2 Å². The average Bonchev–Trinajstić information content (AvgIpc) is 2.15. The highest BCUT2D eigenvalue weighted by Crippen LogP contribution is 2.16. The molecule has 0 unspecified atom stereocenters. The molecule has 3 heteroatoms. The van der Waals surface area contributed by atoms with Gasteiger partial charge in [0.25, 0.3) is 0 Å². The Kier molecular flexibility index (Phi) is 4.09. The fourth-order valence-corrected chi connectivity index (χ4v) is 1.04. The summed E-state index contributed by atoms with van der Waals surface area (Å²) in [5.41, 5.74) is 6.26. The maximum absolute atomic E-state index is 5.65. The van der Waals surface area contributed by atoms with Crippen LogP contribution >= 0.6 is 0 Å². The van der Waals surface area contributed by atoms with Gasteiger partial charge >= 0.3 is 0 Å². The summed E-state index contributed by atoms with van der Waals surface area (Å²) in [5.74, 6) is 0.554. The zero-order valence-electron chi connectivity index (χ0n) is 7.99. The standard InChI is InChI=1S/C10H16N2O/c1-2-3-4-8-13-10-9(11)6-5-7-12-10/h5-7H,2-4,8,11H2,1H3. The molecule has 1 aromatic rings. The van der Waals surface area contributed by atoms with E-state index in [1.165, 1.54) is 12.8 Å². The smallest absolute Gasteiger partial charge is 0.237 e. The van der Waals surface area contributed by atoms with Crippen molar-refractivity contribution in [3.8, 4) is 5.88 Å². The molecule has 2 N–H and O–H groups in total. The Morgan fingerprint density at radius 3 is 3.00 bits per heavy atom. The highest BCUT2D eigenvalue weighted by atomic mass is 16.5. The van der Waals surface area contributed by atoms with Gasteiger partial charge in [0.1, 0.15) is 0 Å². The van der Waals surface area contributed by atoms with Gasteiger partial charge < -0.3 is 10.5 Å². The minimum Gasteiger partial charge on any atom is -0.476 e. The number of nitrogens with two attached hydrogens (primary N) is 1. The van der Waals surface area contributed by atoms with E-state index in [0.29, 0.717) is 18.2 Å². The first-order valence-corrected chi connectivity index (χ1v) is 4.68. The Morgan fingerprint density at radius 1 is 1.46 bits per heavy atom. The molecular weight excluding hydrogens is 164 g/mol. The largest absolute Gasteiger partial charge is 0.476 e. The molecule has 0 aromatic carbocycles. The van der Waals surface area contributed by atoms with E-state index in [1.54, 1.807) is 18.3 Å². The summed E-state index contributed by atoms with van der Waals surface area (Å²) in [6, 6.07) is 3.59. The van der Waals surface area contributed by atoms with E-state index in [9.17, 15) is 0 Å². The lowest BCUT2D eigenvalue weighted by Gasteiger charge is -2.05. The van der Waals surface area contributed by atoms with Crippen molar-refractivity contribution in [1.82, 2.24) is 4.98 Å². The second kappa shape index (κ2) is 5.41. The summed E-state index contributed by atoms with van der Waals surface area (Å²) in [6.45, 7) is 2.87. The van der Waals surface area contributed by atoms with Crippen molar-refractivity contribution < 1.29 is 4.74 Å². The first kappa shape index (κ1) is 9.84. The van der Waals surface area contributed by atoms with Crippen LogP contribution in [0, 0.1) is 0 Å². The molecule has 0 atom stereocenters. The quantitative estimate of drug-likeness (QED) is 0.707. The number of hydrogen-bond acceptors (Lipinski definition) is 3. The second-order valence-electron chi connectivity index (χ2n) is 2.95. The number of hydrogen-bond donors (Lipinski definition) is 1. The predicted molar refractivity (Wildman–Crippen MR) is 53.7 cm³/mol. The average molecular weight is 180 g/mol. The highest BCUT2D eigenvalue weighted by molar-refractivity contribution is 5.46. The number of nitrogens with zero attached hydrogens (tertiary/aromatic N) is 1. The molecule has 0 aliphatic carbocycles. The van der Waals surface area contributed by atoms with Crippen molar-refractivity contribution in [3.05, 3.63) is 18.3 Å². The van der Waals surface area contributed by atoms with E-state index >= 15 is 0 Å². The molecule has 0 spiro atoms. The number of anilines is 1. The van der Waals surface area contributed by atoms with E-state index in [4.69, 9.17) is 10.5 Å². The molecule has 1 aromatic heterocycles. The second-order valence-corrected chi connectivity index (χ2v) is 2.95. The minimum absolute atomic E-state index is 0.554. The number of nitrogen functional groups attached to an aromatic ring is 1. The Morgan fingerprint density at radius 2 is 2.31 bits per heavy atom. The van der Waals surface area contributed by atoms with E-state index in [2.05, 4.69) is 11.9 Å². The van der Waals surface area contributed by atoms with Gasteiger partial charge in [-0.3, -0.25) is 0 Å². The fourth-order valence-electron chi connectivity index (χ4n) is 1.04. The molecule has 0 amide bonds. The van der Waals surface area contributed by atoms with Crippen molar-refractivity contribution in [2.24, 2.45) is 0 Å². The van der Waals surface area contributed by atoms with Gasteiger partial charge in [0, 0.05) is 6.20 Å². The van der Waals surface area contributed by atoms with Gasteiger partial charge in [-0.05, 0) is 18.6 Å². The van der Waals surface area contributed by atoms with Gasteiger partial charge in [0.2, 0.25) is 5.88 Å². The lowest BCUT2D eigenvalue weighted by Crippen LogP contribution is -2.01. The molecule has 0 bridgehead atoms. The molecular formula is C10H16N2O. The lowest BCUT2D eigenvalue weighted by molar-refractivity contribution is 0.296. The number of ether oxygens (including phenoxy) is 1. The monoisotopic (exact) mass is 180 g/mol. The van der Waals surface area contributed by atoms with Crippen molar-refractivity contribution in [3.63, 3.8) is 0 Å². The first-order valence-electron chi connectivity index (χ1n) is 4.68. The molecule has 0 aliphatic rings. The molecule has 1 rings (SSSR count). The molecule has 0 radical (unpaired) electrons. The molecule has 0 saturated carbocycles. The topological polar surface area (TPSA) is 48.1 Å². The van der Waals surface area contributed by atoms with Crippen molar-refractivity contribution in [1.29, 1.82) is 0 Å². The number of rotatable bonds is 5. The fraction of sp³-hybridized carbons (Fsp3) is 0.500. The van der Waals surface area contributed by atoms with Crippen LogP contribution < -0.4 is 10.5 Å². The van der Waals surface area contributed by atoms with Gasteiger partial charge in [0.05, 0.1) is 12.3 Å². The van der Waals surface area contributed by atoms with Gasteiger partial charge in [-0.15, -0.1) is 0 Å². The molecule has 3 nitrogen and oxygen atoms in total. The van der Waals surface area contributed by atoms with Crippen LogP contribution in [0.2, 0.25) is 0 Å². The van der Waals surface area contributed by atoms with E-state index in [0.717, 1.165) is 6.42 Å². The van der Waals surface area contributed by atoms with Gasteiger partial charge in [0.15, 0.2) is 0 Å². The minimum atomic E-state index is 0.554. The third-order valence-corrected chi connectivity index (χ3v) is 1.79. The number of aromatic nitrogens is 1. The van der Waals surface area contributed by atoms with Gasteiger partial charge in [-0.2, -0.15) is 0 Å². The first-order chi connectivity index (χ1) is 6.34. The Hall–Kier alpha value is -1.25. The van der Waals surface area contributed by atoms with Crippen LogP contribution in [0.4, 0.5) is 5.69 Å². The van der Waals surface area contributed by atoms with Crippen LogP contribution in [-0.4, -0.2) is 11.6 Å². The summed E-state index contributed by atoms with van der Waals surface area (Å²) in [5, 5.41) is 0. The van der Waals surface area contributed by atoms with Crippen molar-refractivity contribution in [2.75, 3.05) is 12.3 Å². The highest BCUT2D eigenvalue weighted by Gasteiger charge is 1.98. The van der Waals surface area contributed by atoms with Crippen LogP contribution in [0.25, 0.3) is 0 Å². The normalized spacial score (nSPS) is 9.92. The van der Waals surface area contributed by atoms with Crippen LogP contribution in [0.15, 0.2) is 18.3 Å². The molecule has 0 saturated heterocycles. The molecule has 13 heavy (non-hydrogen) atoms. The van der Waals surface area contributed by atoms with E-state index < -0.39 is 0 Å². The molecule has 0 aliphatic heterocycles. The zero-order chi connectivity index (χ0) is 9.52.